The Morgan fingerprint density at radius 1 is 1.22 bits per heavy atom. The lowest BCUT2D eigenvalue weighted by atomic mass is 10.1. The van der Waals surface area contributed by atoms with Crippen LogP contribution in [0.3, 0.4) is 0 Å². The summed E-state index contributed by atoms with van der Waals surface area (Å²) < 4.78 is 29.8. The third kappa shape index (κ3) is 4.10. The van der Waals surface area contributed by atoms with Gasteiger partial charge in [-0.1, -0.05) is 19.1 Å². The second-order valence-electron chi connectivity index (χ2n) is 6.29. The van der Waals surface area contributed by atoms with Crippen molar-refractivity contribution in [2.75, 3.05) is 19.0 Å². The average Bonchev–Trinajstić information content (AvgIpc) is 3.06. The van der Waals surface area contributed by atoms with Gasteiger partial charge in [-0.3, -0.25) is 0 Å². The van der Waals surface area contributed by atoms with E-state index in [1.54, 1.807) is 12.5 Å². The van der Waals surface area contributed by atoms with Crippen molar-refractivity contribution in [3.05, 3.63) is 47.9 Å². The van der Waals surface area contributed by atoms with Crippen molar-refractivity contribution in [1.82, 2.24) is 24.0 Å². The summed E-state index contributed by atoms with van der Waals surface area (Å²) in [6.45, 7) is 2.31. The fourth-order valence-electron chi connectivity index (χ4n) is 2.94. The van der Waals surface area contributed by atoms with Crippen LogP contribution in [0.2, 0.25) is 0 Å². The predicted molar refractivity (Wildman–Crippen MR) is 107 cm³/mol. The number of fused-ring (bicyclic) bond motifs is 1. The zero-order valence-electron chi connectivity index (χ0n) is 15.9. The molecule has 8 nitrogen and oxygen atoms in total. The largest absolute Gasteiger partial charge is 0.334 e. The molecule has 0 saturated carbocycles. The van der Waals surface area contributed by atoms with Crippen molar-refractivity contribution in [2.45, 2.75) is 19.9 Å². The van der Waals surface area contributed by atoms with E-state index in [-0.39, 0.29) is 6.54 Å². The molecular formula is C18H24N6O2S. The van der Waals surface area contributed by atoms with E-state index in [0.29, 0.717) is 0 Å². The third-order valence-electron chi connectivity index (χ3n) is 4.56. The van der Waals surface area contributed by atoms with Crippen LogP contribution < -0.4 is 14.3 Å². The molecule has 0 fully saturated rings. The molecule has 2 heterocycles. The first kappa shape index (κ1) is 19.3. The highest BCUT2D eigenvalue weighted by atomic mass is 32.2. The van der Waals surface area contributed by atoms with Crippen molar-refractivity contribution < 1.29 is 8.42 Å². The fraction of sp³-hybridized carbons (Fsp3) is 0.333. The number of hydrogen-bond acceptors (Lipinski definition) is 5. The molecule has 0 unspecified atom stereocenters. The Morgan fingerprint density at radius 3 is 2.70 bits per heavy atom. The summed E-state index contributed by atoms with van der Waals surface area (Å²) in [6, 6.07) is 7.95. The van der Waals surface area contributed by atoms with Gasteiger partial charge in [0.25, 0.3) is 10.2 Å². The number of hydrogen-bond donors (Lipinski definition) is 2. The quantitative estimate of drug-likeness (QED) is 0.644. The van der Waals surface area contributed by atoms with Gasteiger partial charge < -0.3 is 9.47 Å². The second-order valence-corrected chi connectivity index (χ2v) is 7.99. The summed E-state index contributed by atoms with van der Waals surface area (Å²) in [5.41, 5.74) is 4.93. The number of imidazole rings is 1. The minimum Gasteiger partial charge on any atom is -0.334 e. The minimum atomic E-state index is -3.45. The average molecular weight is 388 g/mol. The zero-order valence-corrected chi connectivity index (χ0v) is 16.7. The monoisotopic (exact) mass is 388 g/mol. The number of rotatable bonds is 7. The van der Waals surface area contributed by atoms with Gasteiger partial charge in [0.1, 0.15) is 11.3 Å². The number of pyridine rings is 1. The molecule has 0 amide bonds. The van der Waals surface area contributed by atoms with Crippen molar-refractivity contribution in [3.8, 4) is 0 Å². The maximum absolute atomic E-state index is 11.6. The lowest BCUT2D eigenvalue weighted by molar-refractivity contribution is 0.573. The minimum absolute atomic E-state index is 0.236. The Hall–Kier alpha value is -2.49. The standard InChI is InChI=1S/C18H24N6O2S/c1-5-14-8-13(10-22-27(25,26)19-2)6-7-16(14)24(4)18-9-17-15(11-20-18)21-12-23(17)3/h6-9,11-12,19,22H,5,10H2,1-4H3. The van der Waals surface area contributed by atoms with Gasteiger partial charge in [-0.15, -0.1) is 0 Å². The number of aromatic nitrogens is 3. The highest BCUT2D eigenvalue weighted by molar-refractivity contribution is 7.87. The SMILES string of the molecule is CCc1cc(CNS(=O)(=O)NC)ccc1N(C)c1cc2c(cn1)ncn2C. The molecule has 0 atom stereocenters. The van der Waals surface area contributed by atoms with Crippen LogP contribution >= 0.6 is 0 Å². The molecule has 0 saturated heterocycles. The number of aryl methyl sites for hydroxylation is 2. The highest BCUT2D eigenvalue weighted by Gasteiger charge is 2.13. The molecule has 0 aliphatic heterocycles. The van der Waals surface area contributed by atoms with E-state index < -0.39 is 10.2 Å². The van der Waals surface area contributed by atoms with Crippen LogP contribution in [0.25, 0.3) is 11.0 Å². The molecular weight excluding hydrogens is 364 g/mol. The summed E-state index contributed by atoms with van der Waals surface area (Å²) in [7, 11) is 1.85. The van der Waals surface area contributed by atoms with Gasteiger partial charge in [0.05, 0.1) is 18.0 Å². The second kappa shape index (κ2) is 7.63. The third-order valence-corrected chi connectivity index (χ3v) is 5.62. The van der Waals surface area contributed by atoms with Gasteiger partial charge in [-0.2, -0.15) is 13.1 Å². The smallest absolute Gasteiger partial charge is 0.276 e. The number of nitrogens with zero attached hydrogens (tertiary/aromatic N) is 4. The van der Waals surface area contributed by atoms with E-state index in [4.69, 9.17) is 0 Å². The number of nitrogens with one attached hydrogen (secondary N) is 2. The molecule has 144 valence electrons. The molecule has 1 aromatic carbocycles. The van der Waals surface area contributed by atoms with Gasteiger partial charge >= 0.3 is 0 Å². The molecule has 0 aliphatic rings. The molecule has 0 spiro atoms. The first-order valence-corrected chi connectivity index (χ1v) is 10.1. The van der Waals surface area contributed by atoms with Crippen LogP contribution in [-0.4, -0.2) is 37.0 Å². The molecule has 0 bridgehead atoms. The lowest BCUT2D eigenvalue weighted by Gasteiger charge is -2.22. The van der Waals surface area contributed by atoms with Crippen molar-refractivity contribution in [2.24, 2.45) is 7.05 Å². The summed E-state index contributed by atoms with van der Waals surface area (Å²) in [4.78, 5) is 10.9. The Balaban J connectivity index is 1.89. The Morgan fingerprint density at radius 2 is 2.00 bits per heavy atom. The topological polar surface area (TPSA) is 92.2 Å². The maximum atomic E-state index is 11.6. The van der Waals surface area contributed by atoms with Gasteiger partial charge in [-0.05, 0) is 23.6 Å². The van der Waals surface area contributed by atoms with Crippen LogP contribution in [0.15, 0.2) is 36.8 Å². The molecule has 3 aromatic rings. The normalized spacial score (nSPS) is 11.9. The van der Waals surface area contributed by atoms with Crippen LogP contribution in [-0.2, 0) is 30.2 Å². The van der Waals surface area contributed by atoms with Crippen LogP contribution in [0.5, 0.6) is 0 Å². The fourth-order valence-corrected chi connectivity index (χ4v) is 3.44. The molecule has 2 aromatic heterocycles. The van der Waals surface area contributed by atoms with E-state index in [1.807, 2.05) is 47.8 Å². The van der Waals surface area contributed by atoms with E-state index in [9.17, 15) is 8.42 Å². The van der Waals surface area contributed by atoms with E-state index >= 15 is 0 Å². The Kier molecular flexibility index (Phi) is 5.45. The van der Waals surface area contributed by atoms with Gasteiger partial charge in [0.15, 0.2) is 0 Å². The number of anilines is 2. The molecule has 3 rings (SSSR count). The summed E-state index contributed by atoms with van der Waals surface area (Å²) in [5, 5.41) is 0. The lowest BCUT2D eigenvalue weighted by Crippen LogP contribution is -2.33. The summed E-state index contributed by atoms with van der Waals surface area (Å²) >= 11 is 0. The van der Waals surface area contributed by atoms with Crippen molar-refractivity contribution in [3.63, 3.8) is 0 Å². The van der Waals surface area contributed by atoms with Crippen LogP contribution in [0, 0.1) is 0 Å². The van der Waals surface area contributed by atoms with Gasteiger partial charge in [0.2, 0.25) is 0 Å². The Labute approximate surface area is 159 Å². The van der Waals surface area contributed by atoms with Gasteiger partial charge in [0, 0.05) is 39.4 Å². The molecule has 9 heteroatoms. The van der Waals surface area contributed by atoms with Crippen molar-refractivity contribution in [1.29, 1.82) is 0 Å². The molecule has 27 heavy (non-hydrogen) atoms. The number of benzene rings is 1. The zero-order chi connectivity index (χ0) is 19.6. The van der Waals surface area contributed by atoms with E-state index in [1.165, 1.54) is 7.05 Å². The van der Waals surface area contributed by atoms with E-state index in [2.05, 4.69) is 26.3 Å². The summed E-state index contributed by atoms with van der Waals surface area (Å²) in [5.74, 6) is 0.824. The van der Waals surface area contributed by atoms with E-state index in [0.717, 1.165) is 40.1 Å². The maximum Gasteiger partial charge on any atom is 0.276 e. The summed E-state index contributed by atoms with van der Waals surface area (Å²) in [6.07, 6.45) is 4.36. The molecule has 0 aliphatic carbocycles. The van der Waals surface area contributed by atoms with Gasteiger partial charge in [-0.25, -0.2) is 14.7 Å². The highest BCUT2D eigenvalue weighted by Crippen LogP contribution is 2.28. The molecule has 0 radical (unpaired) electrons. The first-order chi connectivity index (χ1) is 12.8. The molecule has 2 N–H and O–H groups in total. The Bertz CT molecular complexity index is 1060. The first-order valence-electron chi connectivity index (χ1n) is 8.65. The predicted octanol–water partition coefficient (Wildman–Crippen LogP) is 1.85. The van der Waals surface area contributed by atoms with Crippen molar-refractivity contribution >= 4 is 32.7 Å². The van der Waals surface area contributed by atoms with Crippen LogP contribution in [0.4, 0.5) is 11.5 Å². The van der Waals surface area contributed by atoms with Crippen LogP contribution in [0.1, 0.15) is 18.1 Å².